The van der Waals surface area contributed by atoms with Crippen LogP contribution in [0.5, 0.6) is 0 Å². The Morgan fingerprint density at radius 3 is 2.71 bits per heavy atom. The van der Waals surface area contributed by atoms with Crippen LogP contribution in [0.2, 0.25) is 0 Å². The largest absolute Gasteiger partial charge is 0.329 e. The molecule has 0 saturated heterocycles. The summed E-state index contributed by atoms with van der Waals surface area (Å²) in [6.45, 7) is 9.29. The highest BCUT2D eigenvalue weighted by atomic mass is 15.3. The van der Waals surface area contributed by atoms with Crippen LogP contribution in [-0.2, 0) is 6.54 Å². The molecule has 0 fully saturated rings. The number of rotatable bonds is 7. The summed E-state index contributed by atoms with van der Waals surface area (Å²) in [4.78, 5) is 2.32. The van der Waals surface area contributed by atoms with Crippen molar-refractivity contribution in [2.75, 3.05) is 20.1 Å². The standard InChI is InChI=1S/C13H26N4/c1-5-6-17-10-12(8-15-17)13(7-14)16(4)9-11(2)3/h8,10-11,13H,5-7,9,14H2,1-4H3. The molecule has 1 aromatic heterocycles. The van der Waals surface area contributed by atoms with Gasteiger partial charge in [0.25, 0.3) is 0 Å². The first kappa shape index (κ1) is 14.2. The van der Waals surface area contributed by atoms with Gasteiger partial charge in [-0.05, 0) is 19.4 Å². The van der Waals surface area contributed by atoms with Crippen LogP contribution >= 0.6 is 0 Å². The quantitative estimate of drug-likeness (QED) is 0.789. The minimum Gasteiger partial charge on any atom is -0.329 e. The van der Waals surface area contributed by atoms with E-state index in [4.69, 9.17) is 5.73 Å². The van der Waals surface area contributed by atoms with Gasteiger partial charge in [0.05, 0.1) is 6.20 Å². The highest BCUT2D eigenvalue weighted by molar-refractivity contribution is 5.11. The van der Waals surface area contributed by atoms with E-state index < -0.39 is 0 Å². The fourth-order valence-electron chi connectivity index (χ4n) is 2.18. The highest BCUT2D eigenvalue weighted by Crippen LogP contribution is 2.18. The molecule has 0 amide bonds. The van der Waals surface area contributed by atoms with Crippen molar-refractivity contribution < 1.29 is 0 Å². The van der Waals surface area contributed by atoms with Crippen LogP contribution in [0.1, 0.15) is 38.8 Å². The molecule has 0 bridgehead atoms. The average Bonchev–Trinajstić information content (AvgIpc) is 2.67. The topological polar surface area (TPSA) is 47.1 Å². The van der Waals surface area contributed by atoms with E-state index in [2.05, 4.69) is 44.0 Å². The van der Waals surface area contributed by atoms with Crippen molar-refractivity contribution in [3.63, 3.8) is 0 Å². The first-order chi connectivity index (χ1) is 8.08. The van der Waals surface area contributed by atoms with Crippen LogP contribution in [-0.4, -0.2) is 34.8 Å². The first-order valence-electron chi connectivity index (χ1n) is 6.51. The maximum absolute atomic E-state index is 5.89. The van der Waals surface area contributed by atoms with Crippen molar-refractivity contribution in [3.05, 3.63) is 18.0 Å². The van der Waals surface area contributed by atoms with Crippen molar-refractivity contribution in [3.8, 4) is 0 Å². The molecule has 1 heterocycles. The first-order valence-corrected chi connectivity index (χ1v) is 6.51. The summed E-state index contributed by atoms with van der Waals surface area (Å²) < 4.78 is 2.00. The van der Waals surface area contributed by atoms with Crippen LogP contribution in [0, 0.1) is 5.92 Å². The molecule has 0 aromatic carbocycles. The van der Waals surface area contributed by atoms with Gasteiger partial charge in [-0.25, -0.2) is 0 Å². The zero-order valence-corrected chi connectivity index (χ0v) is 11.6. The Balaban J connectivity index is 2.71. The van der Waals surface area contributed by atoms with E-state index in [1.807, 2.05) is 10.9 Å². The number of likely N-dealkylation sites (N-methyl/N-ethyl adjacent to an activating group) is 1. The van der Waals surface area contributed by atoms with Crippen LogP contribution in [0.25, 0.3) is 0 Å². The summed E-state index contributed by atoms with van der Waals surface area (Å²) in [5.41, 5.74) is 7.11. The van der Waals surface area contributed by atoms with Gasteiger partial charge in [0.15, 0.2) is 0 Å². The van der Waals surface area contributed by atoms with E-state index in [9.17, 15) is 0 Å². The molecule has 17 heavy (non-hydrogen) atoms. The van der Waals surface area contributed by atoms with Gasteiger partial charge in [-0.15, -0.1) is 0 Å². The highest BCUT2D eigenvalue weighted by Gasteiger charge is 2.17. The summed E-state index contributed by atoms with van der Waals surface area (Å²) in [6, 6.07) is 0.281. The summed E-state index contributed by atoms with van der Waals surface area (Å²) in [5, 5.41) is 4.37. The third kappa shape index (κ3) is 4.13. The van der Waals surface area contributed by atoms with Gasteiger partial charge in [-0.1, -0.05) is 20.8 Å². The molecule has 0 aliphatic rings. The van der Waals surface area contributed by atoms with Gasteiger partial charge >= 0.3 is 0 Å². The van der Waals surface area contributed by atoms with Gasteiger partial charge in [0.1, 0.15) is 0 Å². The maximum atomic E-state index is 5.89. The molecule has 0 aliphatic heterocycles. The van der Waals surface area contributed by atoms with E-state index in [0.29, 0.717) is 12.5 Å². The second-order valence-corrected chi connectivity index (χ2v) is 5.12. The van der Waals surface area contributed by atoms with Crippen LogP contribution in [0.3, 0.4) is 0 Å². The Kier molecular flexibility index (Phi) is 5.65. The van der Waals surface area contributed by atoms with Gasteiger partial charge in [-0.3, -0.25) is 9.58 Å². The Bertz CT molecular complexity index is 319. The van der Waals surface area contributed by atoms with Crippen molar-refractivity contribution in [1.29, 1.82) is 0 Å². The van der Waals surface area contributed by atoms with Crippen molar-refractivity contribution >= 4 is 0 Å². The number of aromatic nitrogens is 2. The predicted octanol–water partition coefficient (Wildman–Crippen LogP) is 1.88. The molecule has 0 aliphatic carbocycles. The predicted molar refractivity (Wildman–Crippen MR) is 71.8 cm³/mol. The lowest BCUT2D eigenvalue weighted by Gasteiger charge is -2.27. The number of hydrogen-bond donors (Lipinski definition) is 1. The van der Waals surface area contributed by atoms with Crippen molar-refractivity contribution in [2.45, 2.75) is 39.8 Å². The van der Waals surface area contributed by atoms with E-state index in [1.54, 1.807) is 0 Å². The molecule has 0 spiro atoms. The van der Waals surface area contributed by atoms with Crippen molar-refractivity contribution in [2.24, 2.45) is 11.7 Å². The monoisotopic (exact) mass is 238 g/mol. The lowest BCUT2D eigenvalue weighted by Crippen LogP contribution is -2.33. The van der Waals surface area contributed by atoms with Gasteiger partial charge in [-0.2, -0.15) is 5.10 Å². The Morgan fingerprint density at radius 2 is 2.18 bits per heavy atom. The third-order valence-electron chi connectivity index (χ3n) is 2.90. The van der Waals surface area contributed by atoms with Gasteiger partial charge in [0, 0.05) is 37.4 Å². The van der Waals surface area contributed by atoms with Crippen LogP contribution in [0.15, 0.2) is 12.4 Å². The second-order valence-electron chi connectivity index (χ2n) is 5.12. The fourth-order valence-corrected chi connectivity index (χ4v) is 2.18. The second kappa shape index (κ2) is 6.77. The van der Waals surface area contributed by atoms with Crippen molar-refractivity contribution in [1.82, 2.24) is 14.7 Å². The summed E-state index contributed by atoms with van der Waals surface area (Å²) in [6.07, 6.45) is 5.18. The molecular weight excluding hydrogens is 212 g/mol. The average molecular weight is 238 g/mol. The molecule has 2 N–H and O–H groups in total. The summed E-state index contributed by atoms with van der Waals surface area (Å²) in [7, 11) is 2.13. The number of nitrogens with two attached hydrogens (primary N) is 1. The zero-order valence-electron chi connectivity index (χ0n) is 11.6. The Labute approximate surface area is 105 Å². The molecular formula is C13H26N4. The lowest BCUT2D eigenvalue weighted by atomic mass is 10.1. The minimum atomic E-state index is 0.281. The Hall–Kier alpha value is -0.870. The summed E-state index contributed by atoms with van der Waals surface area (Å²) in [5.74, 6) is 0.653. The molecule has 1 rings (SSSR count). The lowest BCUT2D eigenvalue weighted by molar-refractivity contribution is 0.223. The molecule has 4 heteroatoms. The number of nitrogens with zero attached hydrogens (tertiary/aromatic N) is 3. The van der Waals surface area contributed by atoms with E-state index >= 15 is 0 Å². The van der Waals surface area contributed by atoms with E-state index in [0.717, 1.165) is 19.5 Å². The molecule has 0 radical (unpaired) electrons. The molecule has 1 unspecified atom stereocenters. The van der Waals surface area contributed by atoms with E-state index in [-0.39, 0.29) is 6.04 Å². The van der Waals surface area contributed by atoms with Gasteiger partial charge < -0.3 is 5.73 Å². The number of hydrogen-bond acceptors (Lipinski definition) is 3. The fraction of sp³-hybridized carbons (Fsp3) is 0.769. The number of aryl methyl sites for hydroxylation is 1. The van der Waals surface area contributed by atoms with Crippen LogP contribution in [0.4, 0.5) is 0 Å². The smallest absolute Gasteiger partial charge is 0.0538 e. The third-order valence-corrected chi connectivity index (χ3v) is 2.90. The molecule has 98 valence electrons. The normalized spacial score (nSPS) is 13.6. The van der Waals surface area contributed by atoms with E-state index in [1.165, 1.54) is 5.56 Å². The van der Waals surface area contributed by atoms with Gasteiger partial charge in [0.2, 0.25) is 0 Å². The zero-order chi connectivity index (χ0) is 12.8. The molecule has 0 saturated carbocycles. The minimum absolute atomic E-state index is 0.281. The Morgan fingerprint density at radius 1 is 1.47 bits per heavy atom. The molecule has 4 nitrogen and oxygen atoms in total. The SMILES string of the molecule is CCCn1cc(C(CN)N(C)CC(C)C)cn1. The summed E-state index contributed by atoms with van der Waals surface area (Å²) >= 11 is 0. The molecule has 1 aromatic rings. The molecule has 1 atom stereocenters. The maximum Gasteiger partial charge on any atom is 0.0538 e. The van der Waals surface area contributed by atoms with Crippen LogP contribution < -0.4 is 5.73 Å².